The van der Waals surface area contributed by atoms with Gasteiger partial charge in [0.1, 0.15) is 0 Å². The van der Waals surface area contributed by atoms with Crippen LogP contribution in [-0.4, -0.2) is 25.9 Å². The maximum Gasteiger partial charge on any atom is 0.273 e. The minimum Gasteiger partial charge on any atom is -0.346 e. The van der Waals surface area contributed by atoms with Gasteiger partial charge in [-0.25, -0.2) is 9.67 Å². The van der Waals surface area contributed by atoms with Crippen molar-refractivity contribution in [2.24, 2.45) is 0 Å². The van der Waals surface area contributed by atoms with E-state index < -0.39 is 0 Å². The molecule has 0 unspecified atom stereocenters. The molecule has 2 heterocycles. The van der Waals surface area contributed by atoms with E-state index in [1.807, 2.05) is 38.1 Å². The average molecular weight is 313 g/mol. The lowest BCUT2D eigenvalue weighted by Crippen LogP contribution is -2.22. The number of carbonyl (C=O) groups excluding carboxylic acids is 1. The topological polar surface area (TPSA) is 72.7 Å². The minimum atomic E-state index is -0.246. The third kappa shape index (κ3) is 3.20. The summed E-state index contributed by atoms with van der Waals surface area (Å²) in [5.74, 6) is -0.246. The zero-order chi connectivity index (χ0) is 15.5. The molecule has 1 amide bonds. The van der Waals surface area contributed by atoms with Crippen LogP contribution in [0.4, 0.5) is 0 Å². The molecule has 0 saturated heterocycles. The highest BCUT2D eigenvalue weighted by molar-refractivity contribution is 7.11. The molecule has 2 aromatic heterocycles. The lowest BCUT2D eigenvalue weighted by molar-refractivity contribution is 0.0946. The van der Waals surface area contributed by atoms with E-state index >= 15 is 0 Å². The largest absolute Gasteiger partial charge is 0.346 e. The van der Waals surface area contributed by atoms with E-state index in [1.165, 1.54) is 5.56 Å². The number of rotatable bonds is 4. The third-order valence-electron chi connectivity index (χ3n) is 3.12. The van der Waals surface area contributed by atoms with Crippen molar-refractivity contribution in [3.8, 4) is 5.69 Å². The van der Waals surface area contributed by atoms with Gasteiger partial charge in [-0.05, 0) is 26.0 Å². The average Bonchev–Trinajstić information content (AvgIpc) is 3.15. The third-order valence-corrected chi connectivity index (χ3v) is 4.03. The van der Waals surface area contributed by atoms with Gasteiger partial charge in [0.25, 0.3) is 5.91 Å². The maximum atomic E-state index is 12.1. The molecular formula is C15H15N5OS. The van der Waals surface area contributed by atoms with Gasteiger partial charge in [-0.3, -0.25) is 4.79 Å². The number of benzene rings is 1. The van der Waals surface area contributed by atoms with Crippen molar-refractivity contribution in [2.45, 2.75) is 20.4 Å². The van der Waals surface area contributed by atoms with Gasteiger partial charge in [0.2, 0.25) is 0 Å². The maximum absolute atomic E-state index is 12.1. The van der Waals surface area contributed by atoms with Crippen LogP contribution >= 0.6 is 11.3 Å². The fourth-order valence-electron chi connectivity index (χ4n) is 1.94. The zero-order valence-electron chi connectivity index (χ0n) is 12.3. The monoisotopic (exact) mass is 313 g/mol. The second-order valence-electron chi connectivity index (χ2n) is 4.91. The van der Waals surface area contributed by atoms with Crippen LogP contribution in [-0.2, 0) is 6.54 Å². The molecule has 1 N–H and O–H groups in total. The van der Waals surface area contributed by atoms with Crippen LogP contribution in [0.5, 0.6) is 0 Å². The summed E-state index contributed by atoms with van der Waals surface area (Å²) in [5.41, 5.74) is 2.33. The van der Waals surface area contributed by atoms with Gasteiger partial charge >= 0.3 is 0 Å². The molecular weight excluding hydrogens is 298 g/mol. The molecule has 0 bridgehead atoms. The van der Waals surface area contributed by atoms with Crippen molar-refractivity contribution in [3.63, 3.8) is 0 Å². The summed E-state index contributed by atoms with van der Waals surface area (Å²) in [7, 11) is 0. The molecule has 0 saturated carbocycles. The van der Waals surface area contributed by atoms with Crippen LogP contribution < -0.4 is 5.32 Å². The van der Waals surface area contributed by atoms with E-state index in [0.29, 0.717) is 12.2 Å². The number of hydrogen-bond acceptors (Lipinski definition) is 5. The minimum absolute atomic E-state index is 0.246. The SMILES string of the molecule is Cc1ccc(-n2cc(C(=O)NCc3cnc(C)s3)nn2)cc1. The molecule has 0 aliphatic heterocycles. The van der Waals surface area contributed by atoms with Crippen LogP contribution in [0.2, 0.25) is 0 Å². The summed E-state index contributed by atoms with van der Waals surface area (Å²) in [6.07, 6.45) is 3.39. The molecule has 112 valence electrons. The van der Waals surface area contributed by atoms with E-state index in [-0.39, 0.29) is 5.91 Å². The smallest absolute Gasteiger partial charge is 0.273 e. The molecule has 3 aromatic rings. The Hall–Kier alpha value is -2.54. The molecule has 0 atom stereocenters. The van der Waals surface area contributed by atoms with Gasteiger partial charge in [0, 0.05) is 11.1 Å². The van der Waals surface area contributed by atoms with Crippen molar-refractivity contribution in [3.05, 3.63) is 57.8 Å². The van der Waals surface area contributed by atoms with Crippen LogP contribution in [0.3, 0.4) is 0 Å². The number of thiazole rings is 1. The van der Waals surface area contributed by atoms with E-state index in [0.717, 1.165) is 15.6 Å². The van der Waals surface area contributed by atoms with E-state index in [4.69, 9.17) is 0 Å². The van der Waals surface area contributed by atoms with E-state index in [9.17, 15) is 4.79 Å². The van der Waals surface area contributed by atoms with E-state index in [1.54, 1.807) is 28.4 Å². The Morgan fingerprint density at radius 3 is 2.73 bits per heavy atom. The number of hydrogen-bond donors (Lipinski definition) is 1. The summed E-state index contributed by atoms with van der Waals surface area (Å²) in [5, 5.41) is 11.7. The van der Waals surface area contributed by atoms with Crippen molar-refractivity contribution < 1.29 is 4.79 Å². The first-order valence-electron chi connectivity index (χ1n) is 6.81. The van der Waals surface area contributed by atoms with Crippen LogP contribution in [0, 0.1) is 13.8 Å². The zero-order valence-corrected chi connectivity index (χ0v) is 13.1. The number of nitrogens with zero attached hydrogens (tertiary/aromatic N) is 4. The Morgan fingerprint density at radius 1 is 1.27 bits per heavy atom. The molecule has 7 heteroatoms. The summed E-state index contributed by atoms with van der Waals surface area (Å²) in [4.78, 5) is 17.2. The quantitative estimate of drug-likeness (QED) is 0.802. The highest BCUT2D eigenvalue weighted by atomic mass is 32.1. The number of aromatic nitrogens is 4. The number of aryl methyl sites for hydroxylation is 2. The lowest BCUT2D eigenvalue weighted by Gasteiger charge is -2.00. The van der Waals surface area contributed by atoms with Gasteiger partial charge in [-0.1, -0.05) is 22.9 Å². The summed E-state index contributed by atoms with van der Waals surface area (Å²) in [6, 6.07) is 7.85. The number of nitrogens with one attached hydrogen (secondary N) is 1. The Morgan fingerprint density at radius 2 is 2.05 bits per heavy atom. The summed E-state index contributed by atoms with van der Waals surface area (Å²) in [6.45, 7) is 4.40. The molecule has 0 spiro atoms. The fourth-order valence-corrected chi connectivity index (χ4v) is 2.67. The Kier molecular flexibility index (Phi) is 3.97. The Bertz CT molecular complexity index is 790. The normalized spacial score (nSPS) is 10.6. The highest BCUT2D eigenvalue weighted by Gasteiger charge is 2.11. The molecule has 0 aliphatic rings. The van der Waals surface area contributed by atoms with Crippen molar-refractivity contribution in [1.29, 1.82) is 0 Å². The lowest BCUT2D eigenvalue weighted by atomic mass is 10.2. The first kappa shape index (κ1) is 14.4. The second-order valence-corrected chi connectivity index (χ2v) is 6.23. The molecule has 0 fully saturated rings. The molecule has 22 heavy (non-hydrogen) atoms. The van der Waals surface area contributed by atoms with Crippen molar-refractivity contribution >= 4 is 17.2 Å². The predicted octanol–water partition coefficient (Wildman–Crippen LogP) is 2.27. The fraction of sp³-hybridized carbons (Fsp3) is 0.200. The van der Waals surface area contributed by atoms with Crippen LogP contribution in [0.25, 0.3) is 5.69 Å². The number of amides is 1. The highest BCUT2D eigenvalue weighted by Crippen LogP contribution is 2.11. The number of carbonyl (C=O) groups is 1. The summed E-state index contributed by atoms with van der Waals surface area (Å²) >= 11 is 1.56. The molecule has 6 nitrogen and oxygen atoms in total. The van der Waals surface area contributed by atoms with Gasteiger partial charge in [-0.2, -0.15) is 0 Å². The molecule has 0 aliphatic carbocycles. The van der Waals surface area contributed by atoms with Gasteiger partial charge < -0.3 is 5.32 Å². The molecule has 3 rings (SSSR count). The Balaban J connectivity index is 1.67. The van der Waals surface area contributed by atoms with Crippen LogP contribution in [0.15, 0.2) is 36.7 Å². The standard InChI is InChI=1S/C15H15N5OS/c1-10-3-5-12(6-4-10)20-9-14(18-19-20)15(21)17-8-13-7-16-11(2)22-13/h3-7,9H,8H2,1-2H3,(H,17,21). The summed E-state index contributed by atoms with van der Waals surface area (Å²) < 4.78 is 1.59. The van der Waals surface area contributed by atoms with Gasteiger partial charge in [0.05, 0.1) is 23.4 Å². The van der Waals surface area contributed by atoms with Crippen molar-refractivity contribution in [2.75, 3.05) is 0 Å². The first-order chi connectivity index (χ1) is 10.6. The Labute approximate surface area is 131 Å². The van der Waals surface area contributed by atoms with Gasteiger partial charge in [-0.15, -0.1) is 16.4 Å². The van der Waals surface area contributed by atoms with Crippen LogP contribution in [0.1, 0.15) is 25.9 Å². The van der Waals surface area contributed by atoms with E-state index in [2.05, 4.69) is 20.6 Å². The first-order valence-corrected chi connectivity index (χ1v) is 7.62. The molecule has 1 aromatic carbocycles. The molecule has 0 radical (unpaired) electrons. The van der Waals surface area contributed by atoms with Gasteiger partial charge in [0.15, 0.2) is 5.69 Å². The second kappa shape index (κ2) is 6.07. The van der Waals surface area contributed by atoms with Crippen molar-refractivity contribution in [1.82, 2.24) is 25.3 Å². The predicted molar refractivity (Wildman–Crippen MR) is 84.1 cm³/mol.